The fraction of sp³-hybridized carbons (Fsp3) is 0.0769. The van der Waals surface area contributed by atoms with Gasteiger partial charge in [-0.3, -0.25) is 9.56 Å². The van der Waals surface area contributed by atoms with Crippen LogP contribution in [0.5, 0.6) is 5.88 Å². The first-order valence-electron chi connectivity index (χ1n) is 5.53. The molecule has 5 nitrogen and oxygen atoms in total. The van der Waals surface area contributed by atoms with Crippen LogP contribution in [0.1, 0.15) is 11.3 Å². The molecule has 2 aromatic rings. The zero-order chi connectivity index (χ0) is 12.7. The predicted octanol–water partition coefficient (Wildman–Crippen LogP) is 1.96. The molecule has 0 radical (unpaired) electrons. The van der Waals surface area contributed by atoms with E-state index in [4.69, 9.17) is 5.73 Å². The van der Waals surface area contributed by atoms with E-state index in [9.17, 15) is 5.11 Å². The minimum atomic E-state index is 0.0535. The molecule has 0 atom stereocenters. The summed E-state index contributed by atoms with van der Waals surface area (Å²) in [5, 5.41) is 9.86. The third-order valence-corrected chi connectivity index (χ3v) is 2.98. The van der Waals surface area contributed by atoms with Crippen molar-refractivity contribution in [3.05, 3.63) is 35.5 Å². The van der Waals surface area contributed by atoms with E-state index >= 15 is 0 Å². The highest BCUT2D eigenvalue weighted by Gasteiger charge is 2.14. The lowest BCUT2D eigenvalue weighted by Gasteiger charge is -1.98. The summed E-state index contributed by atoms with van der Waals surface area (Å²) >= 11 is 0. The molecule has 1 aromatic carbocycles. The van der Waals surface area contributed by atoms with Gasteiger partial charge in [-0.05, 0) is 12.1 Å². The number of aromatic nitrogens is 2. The van der Waals surface area contributed by atoms with E-state index in [2.05, 4.69) is 9.98 Å². The number of anilines is 1. The SMILES string of the molecule is Cn1c(N)nc(/C=C2\C=Nc3ccccc32)c1O. The molecule has 0 bridgehead atoms. The van der Waals surface area contributed by atoms with Gasteiger partial charge in [0, 0.05) is 24.4 Å². The summed E-state index contributed by atoms with van der Waals surface area (Å²) in [5.41, 5.74) is 8.96. The second-order valence-electron chi connectivity index (χ2n) is 4.11. The largest absolute Gasteiger partial charge is 0.493 e. The highest BCUT2D eigenvalue weighted by molar-refractivity contribution is 6.21. The topological polar surface area (TPSA) is 76.4 Å². The summed E-state index contributed by atoms with van der Waals surface area (Å²) in [5.74, 6) is 0.334. The number of benzene rings is 1. The molecule has 0 aliphatic carbocycles. The van der Waals surface area contributed by atoms with Crippen LogP contribution in [0.25, 0.3) is 11.6 Å². The summed E-state index contributed by atoms with van der Waals surface area (Å²) in [6, 6.07) is 7.82. The van der Waals surface area contributed by atoms with Crippen LogP contribution in [0.2, 0.25) is 0 Å². The van der Waals surface area contributed by atoms with Crippen LogP contribution in [-0.4, -0.2) is 20.9 Å². The van der Waals surface area contributed by atoms with Crippen molar-refractivity contribution in [1.82, 2.24) is 9.55 Å². The molecule has 0 unspecified atom stereocenters. The molecule has 90 valence electrons. The predicted molar refractivity (Wildman–Crippen MR) is 71.8 cm³/mol. The van der Waals surface area contributed by atoms with E-state index in [1.807, 2.05) is 24.3 Å². The lowest BCUT2D eigenvalue weighted by Crippen LogP contribution is -1.95. The molecule has 0 amide bonds. The molecule has 0 saturated carbocycles. The minimum Gasteiger partial charge on any atom is -0.493 e. The molecule has 1 aliphatic heterocycles. The number of nitrogen functional groups attached to an aromatic ring is 1. The maximum atomic E-state index is 9.86. The van der Waals surface area contributed by atoms with Gasteiger partial charge in [0.05, 0.1) is 5.69 Å². The van der Waals surface area contributed by atoms with E-state index in [0.29, 0.717) is 5.69 Å². The van der Waals surface area contributed by atoms with E-state index in [-0.39, 0.29) is 11.8 Å². The van der Waals surface area contributed by atoms with Crippen LogP contribution in [0.3, 0.4) is 0 Å². The van der Waals surface area contributed by atoms with Crippen molar-refractivity contribution >= 4 is 29.5 Å². The molecule has 0 spiro atoms. The number of nitrogens with zero attached hydrogens (tertiary/aromatic N) is 3. The normalized spacial score (nSPS) is 15.3. The summed E-state index contributed by atoms with van der Waals surface area (Å²) in [6.45, 7) is 0. The van der Waals surface area contributed by atoms with Crippen LogP contribution < -0.4 is 5.73 Å². The van der Waals surface area contributed by atoms with Gasteiger partial charge in [0.15, 0.2) is 0 Å². The Labute approximate surface area is 104 Å². The molecule has 5 heteroatoms. The molecule has 3 N–H and O–H groups in total. The van der Waals surface area contributed by atoms with Crippen molar-refractivity contribution in [2.24, 2.45) is 12.0 Å². The van der Waals surface area contributed by atoms with Gasteiger partial charge in [0.1, 0.15) is 5.69 Å². The zero-order valence-corrected chi connectivity index (χ0v) is 9.83. The van der Waals surface area contributed by atoms with Gasteiger partial charge in [-0.15, -0.1) is 0 Å². The molecule has 0 fully saturated rings. The number of hydrogen-bond donors (Lipinski definition) is 2. The quantitative estimate of drug-likeness (QED) is 0.800. The van der Waals surface area contributed by atoms with Crippen LogP contribution >= 0.6 is 0 Å². The first-order valence-corrected chi connectivity index (χ1v) is 5.53. The van der Waals surface area contributed by atoms with Crippen LogP contribution in [-0.2, 0) is 7.05 Å². The number of para-hydroxylation sites is 1. The Morgan fingerprint density at radius 3 is 2.83 bits per heavy atom. The Morgan fingerprint density at radius 1 is 1.33 bits per heavy atom. The third-order valence-electron chi connectivity index (χ3n) is 2.98. The van der Waals surface area contributed by atoms with Gasteiger partial charge in [-0.2, -0.15) is 0 Å². The summed E-state index contributed by atoms with van der Waals surface area (Å²) < 4.78 is 1.43. The molecule has 0 saturated heterocycles. The molecular weight excluding hydrogens is 228 g/mol. The maximum Gasteiger partial charge on any atom is 0.220 e. The highest BCUT2D eigenvalue weighted by atomic mass is 16.3. The van der Waals surface area contributed by atoms with Crippen molar-refractivity contribution in [2.45, 2.75) is 0 Å². The van der Waals surface area contributed by atoms with E-state index in [1.165, 1.54) is 4.57 Å². The van der Waals surface area contributed by atoms with Crippen LogP contribution in [0, 0.1) is 0 Å². The number of aliphatic imine (C=N–C) groups is 1. The molecule has 3 rings (SSSR count). The van der Waals surface area contributed by atoms with Gasteiger partial charge < -0.3 is 10.8 Å². The minimum absolute atomic E-state index is 0.0535. The van der Waals surface area contributed by atoms with E-state index < -0.39 is 0 Å². The Kier molecular flexibility index (Phi) is 2.19. The second kappa shape index (κ2) is 3.73. The second-order valence-corrected chi connectivity index (χ2v) is 4.11. The van der Waals surface area contributed by atoms with Gasteiger partial charge in [0.25, 0.3) is 0 Å². The van der Waals surface area contributed by atoms with Gasteiger partial charge >= 0.3 is 0 Å². The lowest BCUT2D eigenvalue weighted by atomic mass is 10.1. The highest BCUT2D eigenvalue weighted by Crippen LogP contribution is 2.33. The number of imidazole rings is 1. The Balaban J connectivity index is 2.09. The van der Waals surface area contributed by atoms with E-state index in [1.54, 1.807) is 19.3 Å². The molecule has 1 aromatic heterocycles. The van der Waals surface area contributed by atoms with Crippen LogP contribution in [0.4, 0.5) is 11.6 Å². The fourth-order valence-corrected chi connectivity index (χ4v) is 1.93. The molecule has 2 heterocycles. The Bertz CT molecular complexity index is 682. The number of allylic oxidation sites excluding steroid dienone is 1. The number of rotatable bonds is 1. The van der Waals surface area contributed by atoms with Crippen molar-refractivity contribution in [2.75, 3.05) is 5.73 Å². The smallest absolute Gasteiger partial charge is 0.220 e. The number of nitrogens with two attached hydrogens (primary N) is 1. The molecular formula is C13H12N4O. The van der Waals surface area contributed by atoms with Gasteiger partial charge in [0.2, 0.25) is 11.8 Å². The lowest BCUT2D eigenvalue weighted by molar-refractivity contribution is 0.432. The number of fused-ring (bicyclic) bond motifs is 1. The van der Waals surface area contributed by atoms with Crippen molar-refractivity contribution in [1.29, 1.82) is 0 Å². The average Bonchev–Trinajstić information content (AvgIpc) is 2.89. The van der Waals surface area contributed by atoms with Crippen molar-refractivity contribution in [3.63, 3.8) is 0 Å². The fourth-order valence-electron chi connectivity index (χ4n) is 1.93. The molecule has 1 aliphatic rings. The van der Waals surface area contributed by atoms with E-state index in [0.717, 1.165) is 16.8 Å². The first kappa shape index (κ1) is 10.6. The van der Waals surface area contributed by atoms with Crippen molar-refractivity contribution < 1.29 is 5.11 Å². The Morgan fingerprint density at radius 2 is 2.11 bits per heavy atom. The number of aromatic hydroxyl groups is 1. The van der Waals surface area contributed by atoms with Gasteiger partial charge in [-0.25, -0.2) is 4.98 Å². The summed E-state index contributed by atoms with van der Waals surface area (Å²) in [7, 11) is 1.66. The molecule has 18 heavy (non-hydrogen) atoms. The number of hydrogen-bond acceptors (Lipinski definition) is 4. The first-order chi connectivity index (χ1) is 8.66. The summed E-state index contributed by atoms with van der Waals surface area (Å²) in [4.78, 5) is 8.39. The monoisotopic (exact) mass is 240 g/mol. The van der Waals surface area contributed by atoms with Gasteiger partial charge in [-0.1, -0.05) is 18.2 Å². The Hall–Kier alpha value is -2.56. The zero-order valence-electron chi connectivity index (χ0n) is 9.83. The van der Waals surface area contributed by atoms with Crippen molar-refractivity contribution in [3.8, 4) is 5.88 Å². The standard InChI is InChI=1S/C13H12N4O/c1-17-12(18)11(16-13(17)14)6-8-7-15-10-5-3-2-4-9(8)10/h2-7,18H,1H3,(H2,14,16)/b8-6+. The average molecular weight is 240 g/mol. The van der Waals surface area contributed by atoms with Crippen LogP contribution in [0.15, 0.2) is 29.3 Å². The third kappa shape index (κ3) is 1.48. The summed E-state index contributed by atoms with van der Waals surface area (Å²) in [6.07, 6.45) is 3.54. The maximum absolute atomic E-state index is 9.86.